The Morgan fingerprint density at radius 1 is 1.17 bits per heavy atom. The SMILES string of the molecule is CCOc1cc(/C=C(\C#N)c2ccc([N+](=O)[O-])cc2)cc(Cl)c1OCC(=O)Nc1cccc(C)c1C. The molecule has 9 heteroatoms. The fourth-order valence-electron chi connectivity index (χ4n) is 3.39. The summed E-state index contributed by atoms with van der Waals surface area (Å²) in [5.74, 6) is 0.175. The van der Waals surface area contributed by atoms with Crippen molar-refractivity contribution in [1.29, 1.82) is 5.26 Å². The number of rotatable bonds is 9. The number of nitro benzene ring substituents is 1. The standard InChI is InChI=1S/C27H24ClN3O5/c1-4-35-25-14-19(12-21(15-29)20-8-10-22(11-9-20)31(33)34)13-23(28)27(25)36-16-26(32)30-24-7-5-6-17(2)18(24)3/h5-14H,4,16H2,1-3H3,(H,30,32)/b21-12+. The molecule has 184 valence electrons. The molecule has 8 nitrogen and oxygen atoms in total. The van der Waals surface area contributed by atoms with E-state index < -0.39 is 4.92 Å². The Balaban J connectivity index is 1.82. The van der Waals surface area contributed by atoms with Crippen LogP contribution in [0.25, 0.3) is 11.6 Å². The number of hydrogen-bond donors (Lipinski definition) is 1. The number of non-ortho nitro benzene ring substituents is 1. The van der Waals surface area contributed by atoms with Gasteiger partial charge in [-0.05, 0) is 79.4 Å². The molecule has 0 saturated carbocycles. The highest BCUT2D eigenvalue weighted by Gasteiger charge is 2.16. The van der Waals surface area contributed by atoms with Crippen LogP contribution in [0.4, 0.5) is 11.4 Å². The van der Waals surface area contributed by atoms with Gasteiger partial charge in [0.05, 0.1) is 28.2 Å². The molecule has 0 radical (unpaired) electrons. The molecule has 3 aromatic carbocycles. The van der Waals surface area contributed by atoms with Crippen molar-refractivity contribution in [2.24, 2.45) is 0 Å². The lowest BCUT2D eigenvalue weighted by molar-refractivity contribution is -0.384. The smallest absolute Gasteiger partial charge is 0.269 e. The minimum Gasteiger partial charge on any atom is -0.490 e. The van der Waals surface area contributed by atoms with Gasteiger partial charge in [0.2, 0.25) is 0 Å². The van der Waals surface area contributed by atoms with Crippen molar-refractivity contribution < 1.29 is 19.2 Å². The van der Waals surface area contributed by atoms with E-state index in [1.807, 2.05) is 32.0 Å². The number of carbonyl (C=O) groups is 1. The zero-order valence-corrected chi connectivity index (χ0v) is 20.8. The fraction of sp³-hybridized carbons (Fsp3) is 0.185. The quantitative estimate of drug-likeness (QED) is 0.157. The number of allylic oxidation sites excluding steroid dienone is 1. The topological polar surface area (TPSA) is 114 Å². The zero-order chi connectivity index (χ0) is 26.2. The number of anilines is 1. The second-order valence-corrected chi connectivity index (χ2v) is 8.23. The third-order valence-electron chi connectivity index (χ3n) is 5.38. The van der Waals surface area contributed by atoms with Gasteiger partial charge in [-0.15, -0.1) is 0 Å². The van der Waals surface area contributed by atoms with Gasteiger partial charge in [0.1, 0.15) is 0 Å². The maximum atomic E-state index is 12.5. The third-order valence-corrected chi connectivity index (χ3v) is 5.66. The predicted octanol–water partition coefficient (Wildman–Crippen LogP) is 6.35. The monoisotopic (exact) mass is 505 g/mol. The number of aryl methyl sites for hydroxylation is 1. The Labute approximate surface area is 213 Å². The van der Waals surface area contributed by atoms with Crippen LogP contribution < -0.4 is 14.8 Å². The lowest BCUT2D eigenvalue weighted by Crippen LogP contribution is -2.21. The molecule has 0 heterocycles. The highest BCUT2D eigenvalue weighted by molar-refractivity contribution is 6.32. The Hall–Kier alpha value is -4.35. The normalized spacial score (nSPS) is 10.9. The molecule has 0 aliphatic carbocycles. The van der Waals surface area contributed by atoms with Crippen LogP contribution in [-0.4, -0.2) is 24.0 Å². The summed E-state index contributed by atoms with van der Waals surface area (Å²) in [6.07, 6.45) is 1.59. The fourth-order valence-corrected chi connectivity index (χ4v) is 3.67. The average molecular weight is 506 g/mol. The molecule has 0 atom stereocenters. The molecule has 1 amide bonds. The highest BCUT2D eigenvalue weighted by Crippen LogP contribution is 2.38. The van der Waals surface area contributed by atoms with E-state index >= 15 is 0 Å². The number of benzene rings is 3. The van der Waals surface area contributed by atoms with Gasteiger partial charge in [-0.3, -0.25) is 14.9 Å². The van der Waals surface area contributed by atoms with E-state index in [4.69, 9.17) is 21.1 Å². The number of nitro groups is 1. The van der Waals surface area contributed by atoms with Crippen LogP contribution in [0.1, 0.15) is 29.2 Å². The molecule has 0 aliphatic rings. The molecule has 0 unspecified atom stereocenters. The van der Waals surface area contributed by atoms with E-state index in [1.54, 1.807) is 25.1 Å². The van der Waals surface area contributed by atoms with Gasteiger partial charge in [0.25, 0.3) is 11.6 Å². The van der Waals surface area contributed by atoms with Crippen LogP contribution in [0.2, 0.25) is 5.02 Å². The van der Waals surface area contributed by atoms with Gasteiger partial charge >= 0.3 is 0 Å². The van der Waals surface area contributed by atoms with Crippen molar-refractivity contribution in [3.63, 3.8) is 0 Å². The van der Waals surface area contributed by atoms with Crippen molar-refractivity contribution in [2.45, 2.75) is 20.8 Å². The molecule has 0 spiro atoms. The third kappa shape index (κ3) is 6.40. The molecule has 0 bridgehead atoms. The molecular formula is C27H24ClN3O5. The minimum atomic E-state index is -0.505. The van der Waals surface area contributed by atoms with Crippen molar-refractivity contribution in [3.05, 3.63) is 92.0 Å². The van der Waals surface area contributed by atoms with Crippen LogP contribution in [0.15, 0.2) is 54.6 Å². The molecule has 0 fully saturated rings. The minimum absolute atomic E-state index is 0.0687. The number of nitriles is 1. The molecule has 36 heavy (non-hydrogen) atoms. The summed E-state index contributed by atoms with van der Waals surface area (Å²) in [5, 5.41) is 23.6. The number of hydrogen-bond acceptors (Lipinski definition) is 6. The molecule has 3 rings (SSSR count). The van der Waals surface area contributed by atoms with Gasteiger partial charge in [-0.2, -0.15) is 5.26 Å². The number of nitrogens with one attached hydrogen (secondary N) is 1. The highest BCUT2D eigenvalue weighted by atomic mass is 35.5. The summed E-state index contributed by atoms with van der Waals surface area (Å²) in [6.45, 7) is 5.72. The maximum Gasteiger partial charge on any atom is 0.269 e. The first-order chi connectivity index (χ1) is 17.2. The molecular weight excluding hydrogens is 482 g/mol. The predicted molar refractivity (Wildman–Crippen MR) is 139 cm³/mol. The second kappa shape index (κ2) is 11.9. The molecule has 0 aromatic heterocycles. The van der Waals surface area contributed by atoms with E-state index in [1.165, 1.54) is 24.3 Å². The summed E-state index contributed by atoms with van der Waals surface area (Å²) in [7, 11) is 0. The Morgan fingerprint density at radius 3 is 2.53 bits per heavy atom. The van der Waals surface area contributed by atoms with E-state index in [9.17, 15) is 20.2 Å². The van der Waals surface area contributed by atoms with Crippen molar-refractivity contribution in [1.82, 2.24) is 0 Å². The number of carbonyl (C=O) groups excluding carboxylic acids is 1. The van der Waals surface area contributed by atoms with Crippen molar-refractivity contribution in [2.75, 3.05) is 18.5 Å². The van der Waals surface area contributed by atoms with E-state index in [-0.39, 0.29) is 34.5 Å². The zero-order valence-electron chi connectivity index (χ0n) is 20.0. The van der Waals surface area contributed by atoms with Gasteiger partial charge in [-0.25, -0.2) is 0 Å². The number of ether oxygens (including phenoxy) is 2. The average Bonchev–Trinajstić information content (AvgIpc) is 2.85. The number of nitrogens with zero attached hydrogens (tertiary/aromatic N) is 2. The Morgan fingerprint density at radius 2 is 1.89 bits per heavy atom. The van der Waals surface area contributed by atoms with E-state index in [2.05, 4.69) is 11.4 Å². The summed E-state index contributed by atoms with van der Waals surface area (Å²) in [6, 6.07) is 16.6. The summed E-state index contributed by atoms with van der Waals surface area (Å²) in [5.41, 5.74) is 4.02. The first-order valence-corrected chi connectivity index (χ1v) is 11.4. The number of amides is 1. The Kier molecular flexibility index (Phi) is 8.66. The molecule has 1 N–H and O–H groups in total. The molecule has 3 aromatic rings. The summed E-state index contributed by atoms with van der Waals surface area (Å²) >= 11 is 6.46. The van der Waals surface area contributed by atoms with Gasteiger partial charge < -0.3 is 14.8 Å². The molecule has 0 saturated heterocycles. The van der Waals surface area contributed by atoms with Gasteiger partial charge in [0.15, 0.2) is 18.1 Å². The lowest BCUT2D eigenvalue weighted by Gasteiger charge is -2.15. The van der Waals surface area contributed by atoms with E-state index in [0.717, 1.165) is 11.1 Å². The summed E-state index contributed by atoms with van der Waals surface area (Å²) in [4.78, 5) is 22.9. The molecule has 0 aliphatic heterocycles. The van der Waals surface area contributed by atoms with Crippen LogP contribution in [0.3, 0.4) is 0 Å². The lowest BCUT2D eigenvalue weighted by atomic mass is 10.0. The van der Waals surface area contributed by atoms with Crippen LogP contribution in [0, 0.1) is 35.3 Å². The first-order valence-electron chi connectivity index (χ1n) is 11.0. The van der Waals surface area contributed by atoms with Crippen LogP contribution in [-0.2, 0) is 4.79 Å². The van der Waals surface area contributed by atoms with Crippen LogP contribution in [0.5, 0.6) is 11.5 Å². The number of halogens is 1. The maximum absolute atomic E-state index is 12.5. The Bertz CT molecular complexity index is 1360. The van der Waals surface area contributed by atoms with Crippen molar-refractivity contribution >= 4 is 40.5 Å². The first kappa shape index (κ1) is 26.3. The van der Waals surface area contributed by atoms with Crippen molar-refractivity contribution in [3.8, 4) is 17.6 Å². The van der Waals surface area contributed by atoms with Gasteiger partial charge in [-0.1, -0.05) is 23.7 Å². The largest absolute Gasteiger partial charge is 0.490 e. The van der Waals surface area contributed by atoms with E-state index in [0.29, 0.717) is 29.2 Å². The van der Waals surface area contributed by atoms with Gasteiger partial charge in [0, 0.05) is 17.8 Å². The van der Waals surface area contributed by atoms with Crippen LogP contribution >= 0.6 is 11.6 Å². The summed E-state index contributed by atoms with van der Waals surface area (Å²) < 4.78 is 11.4. The second-order valence-electron chi connectivity index (χ2n) is 7.82.